The minimum absolute atomic E-state index is 0.0102. The number of thiazole rings is 1. The molecule has 0 fully saturated rings. The van der Waals surface area contributed by atoms with E-state index in [0.29, 0.717) is 0 Å². The summed E-state index contributed by atoms with van der Waals surface area (Å²) in [7, 11) is 0. The van der Waals surface area contributed by atoms with E-state index in [0.717, 1.165) is 11.4 Å². The molecule has 5 N–H and O–H groups in total. The van der Waals surface area contributed by atoms with Gasteiger partial charge in [-0.1, -0.05) is 6.92 Å². The highest BCUT2D eigenvalue weighted by atomic mass is 32.1. The molecule has 6 heteroatoms. The average Bonchev–Trinajstić information content (AvgIpc) is 2.66. The smallest absolute Gasteiger partial charge is 0.203 e. The molecule has 5 nitrogen and oxygen atoms in total. The summed E-state index contributed by atoms with van der Waals surface area (Å²) in [6, 6.07) is 0.0102. The summed E-state index contributed by atoms with van der Waals surface area (Å²) in [4.78, 5) is 8.32. The van der Waals surface area contributed by atoms with Crippen LogP contribution in [0.3, 0.4) is 0 Å². The highest BCUT2D eigenvalue weighted by molar-refractivity contribution is 7.09. The number of nitrogens with two attached hydrogens (primary N) is 2. The van der Waals surface area contributed by atoms with Crippen LogP contribution < -0.4 is 17.0 Å². The van der Waals surface area contributed by atoms with E-state index in [1.165, 1.54) is 0 Å². The average molecular weight is 199 g/mol. The van der Waals surface area contributed by atoms with Crippen LogP contribution in [0.2, 0.25) is 0 Å². The number of rotatable bonds is 3. The van der Waals surface area contributed by atoms with E-state index in [1.54, 1.807) is 17.5 Å². The molecule has 1 rings (SSSR count). The number of hydrazine groups is 1. The van der Waals surface area contributed by atoms with Crippen molar-refractivity contribution in [2.24, 2.45) is 16.6 Å². The van der Waals surface area contributed by atoms with Crippen LogP contribution in [-0.4, -0.2) is 10.9 Å². The van der Waals surface area contributed by atoms with Gasteiger partial charge in [0.1, 0.15) is 11.0 Å². The SMILES string of the molecule is CCC(N=C(N)NN)c1nccs1. The fourth-order valence-corrected chi connectivity index (χ4v) is 1.68. The zero-order valence-electron chi connectivity index (χ0n) is 7.40. The first kappa shape index (κ1) is 9.94. The van der Waals surface area contributed by atoms with Crippen molar-refractivity contribution >= 4 is 17.3 Å². The second kappa shape index (κ2) is 4.78. The van der Waals surface area contributed by atoms with Gasteiger partial charge in [-0.15, -0.1) is 11.3 Å². The van der Waals surface area contributed by atoms with Crippen LogP contribution in [-0.2, 0) is 0 Å². The Labute approximate surface area is 80.8 Å². The van der Waals surface area contributed by atoms with Crippen LogP contribution >= 0.6 is 11.3 Å². The molecular weight excluding hydrogens is 186 g/mol. The number of hydrogen-bond acceptors (Lipinski definition) is 4. The normalized spacial score (nSPS) is 14.2. The van der Waals surface area contributed by atoms with Crippen molar-refractivity contribution in [3.05, 3.63) is 16.6 Å². The molecule has 0 aliphatic carbocycles. The van der Waals surface area contributed by atoms with Gasteiger partial charge in [0.05, 0.1) is 0 Å². The Hall–Kier alpha value is -1.14. The summed E-state index contributed by atoms with van der Waals surface area (Å²) in [6.07, 6.45) is 2.61. The van der Waals surface area contributed by atoms with Gasteiger partial charge in [0.15, 0.2) is 0 Å². The van der Waals surface area contributed by atoms with Crippen LogP contribution in [0.5, 0.6) is 0 Å². The summed E-state index contributed by atoms with van der Waals surface area (Å²) < 4.78 is 0. The Bertz CT molecular complexity index is 268. The number of aromatic nitrogens is 1. The quantitative estimate of drug-likeness (QED) is 0.284. The Morgan fingerprint density at radius 2 is 2.62 bits per heavy atom. The van der Waals surface area contributed by atoms with Crippen molar-refractivity contribution in [1.82, 2.24) is 10.4 Å². The Balaban J connectivity index is 2.75. The molecule has 0 bridgehead atoms. The van der Waals surface area contributed by atoms with Gasteiger partial charge in [0, 0.05) is 11.6 Å². The third-order valence-corrected chi connectivity index (χ3v) is 2.44. The Morgan fingerprint density at radius 3 is 3.08 bits per heavy atom. The lowest BCUT2D eigenvalue weighted by molar-refractivity contribution is 0.687. The van der Waals surface area contributed by atoms with Crippen LogP contribution in [0.4, 0.5) is 0 Å². The fourth-order valence-electron chi connectivity index (χ4n) is 0.925. The second-order valence-corrected chi connectivity index (χ2v) is 3.38. The second-order valence-electron chi connectivity index (χ2n) is 2.45. The van der Waals surface area contributed by atoms with E-state index in [-0.39, 0.29) is 12.0 Å². The van der Waals surface area contributed by atoms with Crippen LogP contribution in [0.25, 0.3) is 0 Å². The minimum atomic E-state index is 0.0102. The number of guanidine groups is 1. The summed E-state index contributed by atoms with van der Waals surface area (Å²) >= 11 is 1.57. The first-order chi connectivity index (χ1) is 6.27. The molecule has 0 aromatic carbocycles. The maximum atomic E-state index is 5.45. The highest BCUT2D eigenvalue weighted by Gasteiger charge is 2.10. The lowest BCUT2D eigenvalue weighted by atomic mass is 10.2. The largest absolute Gasteiger partial charge is 0.369 e. The van der Waals surface area contributed by atoms with E-state index < -0.39 is 0 Å². The van der Waals surface area contributed by atoms with E-state index >= 15 is 0 Å². The molecule has 72 valence electrons. The summed E-state index contributed by atoms with van der Waals surface area (Å²) in [5, 5.41) is 2.88. The van der Waals surface area contributed by atoms with Gasteiger partial charge >= 0.3 is 0 Å². The van der Waals surface area contributed by atoms with Crippen LogP contribution in [0.15, 0.2) is 16.6 Å². The van der Waals surface area contributed by atoms with Crippen molar-refractivity contribution in [2.75, 3.05) is 0 Å². The fraction of sp³-hybridized carbons (Fsp3) is 0.429. The molecule has 13 heavy (non-hydrogen) atoms. The summed E-state index contributed by atoms with van der Waals surface area (Å²) in [5.41, 5.74) is 7.74. The van der Waals surface area contributed by atoms with E-state index in [9.17, 15) is 0 Å². The van der Waals surface area contributed by atoms with Gasteiger partial charge in [0.25, 0.3) is 0 Å². The first-order valence-corrected chi connectivity index (χ1v) is 4.85. The number of hydrogen-bond donors (Lipinski definition) is 3. The molecule has 1 heterocycles. The van der Waals surface area contributed by atoms with Gasteiger partial charge < -0.3 is 5.73 Å². The van der Waals surface area contributed by atoms with Crippen molar-refractivity contribution in [3.8, 4) is 0 Å². The van der Waals surface area contributed by atoms with Gasteiger partial charge in [-0.3, -0.25) is 5.43 Å². The van der Waals surface area contributed by atoms with Crippen molar-refractivity contribution in [2.45, 2.75) is 19.4 Å². The van der Waals surface area contributed by atoms with Crippen LogP contribution in [0.1, 0.15) is 24.4 Å². The zero-order chi connectivity index (χ0) is 9.68. The Kier molecular flexibility index (Phi) is 3.66. The maximum Gasteiger partial charge on any atom is 0.203 e. The predicted molar refractivity (Wildman–Crippen MR) is 54.1 cm³/mol. The van der Waals surface area contributed by atoms with E-state index in [1.807, 2.05) is 12.3 Å². The topological polar surface area (TPSA) is 89.3 Å². The first-order valence-electron chi connectivity index (χ1n) is 3.97. The highest BCUT2D eigenvalue weighted by Crippen LogP contribution is 2.22. The van der Waals surface area contributed by atoms with Crippen molar-refractivity contribution in [1.29, 1.82) is 0 Å². The van der Waals surface area contributed by atoms with Gasteiger partial charge in [-0.25, -0.2) is 15.8 Å². The molecular formula is C7H13N5S. The molecule has 0 aliphatic heterocycles. The molecule has 1 aromatic rings. The molecule has 1 atom stereocenters. The van der Waals surface area contributed by atoms with Crippen molar-refractivity contribution in [3.63, 3.8) is 0 Å². The predicted octanol–water partition coefficient (Wildman–Crippen LogP) is 0.372. The molecule has 0 spiro atoms. The summed E-state index contributed by atoms with van der Waals surface area (Å²) in [6.45, 7) is 2.03. The van der Waals surface area contributed by atoms with Crippen molar-refractivity contribution < 1.29 is 0 Å². The number of aliphatic imine (C=N–C) groups is 1. The zero-order valence-corrected chi connectivity index (χ0v) is 8.21. The van der Waals surface area contributed by atoms with Crippen LogP contribution in [0, 0.1) is 0 Å². The number of nitrogens with zero attached hydrogens (tertiary/aromatic N) is 2. The van der Waals surface area contributed by atoms with Gasteiger partial charge in [-0.2, -0.15) is 0 Å². The van der Waals surface area contributed by atoms with E-state index in [4.69, 9.17) is 11.6 Å². The molecule has 0 radical (unpaired) electrons. The third kappa shape index (κ3) is 2.67. The van der Waals surface area contributed by atoms with Gasteiger partial charge in [0.2, 0.25) is 5.96 Å². The monoisotopic (exact) mass is 199 g/mol. The maximum absolute atomic E-state index is 5.45. The molecule has 1 unspecified atom stereocenters. The van der Waals surface area contributed by atoms with Gasteiger partial charge in [-0.05, 0) is 6.42 Å². The third-order valence-electron chi connectivity index (χ3n) is 1.57. The molecule has 0 saturated heterocycles. The molecule has 0 saturated carbocycles. The molecule has 0 aliphatic rings. The molecule has 0 amide bonds. The Morgan fingerprint density at radius 1 is 1.85 bits per heavy atom. The number of nitrogens with one attached hydrogen (secondary N) is 1. The minimum Gasteiger partial charge on any atom is -0.369 e. The lowest BCUT2D eigenvalue weighted by Gasteiger charge is -2.07. The lowest BCUT2D eigenvalue weighted by Crippen LogP contribution is -2.37. The summed E-state index contributed by atoms with van der Waals surface area (Å²) in [5.74, 6) is 5.34. The van der Waals surface area contributed by atoms with E-state index in [2.05, 4.69) is 15.4 Å². The standard InChI is InChI=1S/C7H13N5S/c1-2-5(11-7(8)12-9)6-10-3-4-13-6/h3-5H,2,9H2,1H3,(H3,8,11,12). The molecule has 1 aromatic heterocycles.